The molecule has 0 rings (SSSR count). The van der Waals surface area contributed by atoms with Gasteiger partial charge in [0.05, 0.1) is 12.8 Å². The molecule has 1 N–H and O–H groups in total. The Morgan fingerprint density at radius 1 is 1.29 bits per heavy atom. The van der Waals surface area contributed by atoms with E-state index >= 15 is 0 Å². The van der Waals surface area contributed by atoms with E-state index in [4.69, 9.17) is 9.84 Å². The summed E-state index contributed by atoms with van der Waals surface area (Å²) in [5.41, 5.74) is -0.112. The van der Waals surface area contributed by atoms with Gasteiger partial charge in [-0.1, -0.05) is 20.8 Å². The Morgan fingerprint density at radius 2 is 1.79 bits per heavy atom. The monoisotopic (exact) mass is 202 g/mol. The fraction of sp³-hybridized carbons (Fsp3) is 0.800. The van der Waals surface area contributed by atoms with Crippen LogP contribution in [0.15, 0.2) is 0 Å². The summed E-state index contributed by atoms with van der Waals surface area (Å²) in [6.07, 6.45) is -0.436. The fourth-order valence-electron chi connectivity index (χ4n) is 0.642. The van der Waals surface area contributed by atoms with Gasteiger partial charge in [0.15, 0.2) is 0 Å². The lowest BCUT2D eigenvalue weighted by atomic mass is 9.90. The summed E-state index contributed by atoms with van der Waals surface area (Å²) in [6, 6.07) is 0. The van der Waals surface area contributed by atoms with Crippen molar-refractivity contribution in [3.05, 3.63) is 0 Å². The Bertz CT molecular complexity index is 215. The first-order chi connectivity index (χ1) is 6.23. The lowest BCUT2D eigenvalue weighted by Gasteiger charge is -2.26. The van der Waals surface area contributed by atoms with E-state index in [2.05, 4.69) is 0 Å². The summed E-state index contributed by atoms with van der Waals surface area (Å²) in [5, 5.41) is 8.35. The molecule has 0 fully saturated rings. The number of carboxylic acid groups (broad SMARTS) is 1. The molecule has 0 amide bonds. The van der Waals surface area contributed by atoms with Crippen LogP contribution in [0.1, 0.15) is 40.5 Å². The minimum Gasteiger partial charge on any atom is -0.481 e. The number of carbonyl (C=O) groups excluding carboxylic acids is 1. The molecule has 4 heteroatoms. The second-order valence-corrected chi connectivity index (χ2v) is 4.39. The molecule has 0 radical (unpaired) electrons. The summed E-state index contributed by atoms with van der Waals surface area (Å²) in [5.74, 6) is -1.43. The van der Waals surface area contributed by atoms with E-state index in [0.29, 0.717) is 0 Å². The third-order valence-electron chi connectivity index (χ3n) is 2.07. The fourth-order valence-corrected chi connectivity index (χ4v) is 0.642. The van der Waals surface area contributed by atoms with Gasteiger partial charge in [-0.3, -0.25) is 9.59 Å². The lowest BCUT2D eigenvalue weighted by molar-refractivity contribution is -0.155. The number of ether oxygens (including phenoxy) is 1. The van der Waals surface area contributed by atoms with Crippen LogP contribution in [0.2, 0.25) is 0 Å². The van der Waals surface area contributed by atoms with E-state index in [0.717, 1.165) is 0 Å². The molecule has 0 heterocycles. The van der Waals surface area contributed by atoms with Crippen molar-refractivity contribution >= 4 is 11.9 Å². The summed E-state index contributed by atoms with van der Waals surface area (Å²) in [7, 11) is 0. The second kappa shape index (κ2) is 4.98. The molecule has 0 aromatic heterocycles. The maximum absolute atomic E-state index is 11.1. The van der Waals surface area contributed by atoms with E-state index in [-0.39, 0.29) is 24.4 Å². The topological polar surface area (TPSA) is 63.6 Å². The summed E-state index contributed by atoms with van der Waals surface area (Å²) >= 11 is 0. The highest BCUT2D eigenvalue weighted by Gasteiger charge is 2.23. The maximum atomic E-state index is 11.1. The third kappa shape index (κ3) is 5.56. The van der Waals surface area contributed by atoms with E-state index < -0.39 is 11.9 Å². The first-order valence-corrected chi connectivity index (χ1v) is 4.64. The van der Waals surface area contributed by atoms with Gasteiger partial charge >= 0.3 is 11.9 Å². The molecule has 0 aliphatic carbocycles. The highest BCUT2D eigenvalue weighted by atomic mass is 16.5. The van der Waals surface area contributed by atoms with Crippen LogP contribution < -0.4 is 0 Å². The predicted molar refractivity (Wildman–Crippen MR) is 51.9 cm³/mol. The van der Waals surface area contributed by atoms with Gasteiger partial charge < -0.3 is 9.84 Å². The minimum absolute atomic E-state index is 0.0598. The first kappa shape index (κ1) is 12.9. The molecular formula is C10H18O4. The first-order valence-electron chi connectivity index (χ1n) is 4.64. The van der Waals surface area contributed by atoms with Crippen molar-refractivity contribution < 1.29 is 19.4 Å². The molecule has 0 aliphatic heterocycles. The molecule has 0 spiro atoms. The van der Waals surface area contributed by atoms with Crippen LogP contribution in [0.5, 0.6) is 0 Å². The molecule has 0 aromatic rings. The van der Waals surface area contributed by atoms with Crippen LogP contribution in [0.4, 0.5) is 0 Å². The molecule has 0 aliphatic rings. The van der Waals surface area contributed by atoms with Crippen LogP contribution >= 0.6 is 0 Å². The van der Waals surface area contributed by atoms with Crippen LogP contribution in [0.25, 0.3) is 0 Å². The Morgan fingerprint density at radius 3 is 2.14 bits per heavy atom. The van der Waals surface area contributed by atoms with E-state index in [9.17, 15) is 9.59 Å². The van der Waals surface area contributed by atoms with Gasteiger partial charge in [-0.25, -0.2) is 0 Å². The van der Waals surface area contributed by atoms with Crippen molar-refractivity contribution in [2.24, 2.45) is 5.41 Å². The van der Waals surface area contributed by atoms with Crippen LogP contribution in [-0.2, 0) is 14.3 Å². The standard InChI is InChI=1S/C10H18O4/c1-7(10(2,3)4)14-9(13)6-5-8(11)12/h7H,5-6H2,1-4H3,(H,11,12)/t7-/m1/s1. The van der Waals surface area contributed by atoms with Crippen molar-refractivity contribution in [1.29, 1.82) is 0 Å². The Hall–Kier alpha value is -1.06. The van der Waals surface area contributed by atoms with E-state index in [1.165, 1.54) is 0 Å². The van der Waals surface area contributed by atoms with Gasteiger partial charge in [0.1, 0.15) is 6.10 Å². The van der Waals surface area contributed by atoms with Crippen molar-refractivity contribution in [2.75, 3.05) is 0 Å². The van der Waals surface area contributed by atoms with Crippen LogP contribution in [0.3, 0.4) is 0 Å². The molecule has 0 aromatic carbocycles. The molecule has 4 nitrogen and oxygen atoms in total. The predicted octanol–water partition coefficient (Wildman–Crippen LogP) is 1.83. The SMILES string of the molecule is C[C@@H](OC(=O)CCC(=O)O)C(C)(C)C. The zero-order chi connectivity index (χ0) is 11.4. The van der Waals surface area contributed by atoms with Crippen molar-refractivity contribution in [2.45, 2.75) is 46.6 Å². The van der Waals surface area contributed by atoms with Crippen LogP contribution in [-0.4, -0.2) is 23.1 Å². The number of aliphatic carboxylic acids is 1. The van der Waals surface area contributed by atoms with Gasteiger partial charge in [0, 0.05) is 0 Å². The number of carbonyl (C=O) groups is 2. The third-order valence-corrected chi connectivity index (χ3v) is 2.07. The number of hydrogen-bond donors (Lipinski definition) is 1. The maximum Gasteiger partial charge on any atom is 0.306 e. The van der Waals surface area contributed by atoms with Crippen molar-refractivity contribution in [3.8, 4) is 0 Å². The quantitative estimate of drug-likeness (QED) is 0.706. The molecule has 0 bridgehead atoms. The highest BCUT2D eigenvalue weighted by Crippen LogP contribution is 2.21. The van der Waals surface area contributed by atoms with Gasteiger partial charge in [-0.05, 0) is 12.3 Å². The Kier molecular flexibility index (Phi) is 4.60. The van der Waals surface area contributed by atoms with Gasteiger partial charge in [0.25, 0.3) is 0 Å². The number of carboxylic acids is 1. The van der Waals surface area contributed by atoms with Crippen molar-refractivity contribution in [3.63, 3.8) is 0 Å². The zero-order valence-corrected chi connectivity index (χ0v) is 9.16. The lowest BCUT2D eigenvalue weighted by Crippen LogP contribution is -2.28. The number of hydrogen-bond acceptors (Lipinski definition) is 3. The number of rotatable bonds is 4. The highest BCUT2D eigenvalue weighted by molar-refractivity contribution is 5.76. The number of esters is 1. The molecule has 0 saturated heterocycles. The average molecular weight is 202 g/mol. The van der Waals surface area contributed by atoms with Gasteiger partial charge in [0.2, 0.25) is 0 Å². The largest absolute Gasteiger partial charge is 0.481 e. The molecule has 14 heavy (non-hydrogen) atoms. The van der Waals surface area contributed by atoms with E-state index in [1.54, 1.807) is 6.92 Å². The zero-order valence-electron chi connectivity index (χ0n) is 9.16. The molecular weight excluding hydrogens is 184 g/mol. The summed E-state index contributed by atoms with van der Waals surface area (Å²) in [6.45, 7) is 7.69. The Balaban J connectivity index is 3.89. The Labute approximate surface area is 84.3 Å². The van der Waals surface area contributed by atoms with Gasteiger partial charge in [-0.15, -0.1) is 0 Å². The summed E-state index contributed by atoms with van der Waals surface area (Å²) < 4.78 is 5.06. The van der Waals surface area contributed by atoms with Gasteiger partial charge in [-0.2, -0.15) is 0 Å². The molecule has 0 unspecified atom stereocenters. The molecule has 82 valence electrons. The average Bonchev–Trinajstić information content (AvgIpc) is 1.99. The molecule has 1 atom stereocenters. The second-order valence-electron chi connectivity index (χ2n) is 4.39. The van der Waals surface area contributed by atoms with Crippen molar-refractivity contribution in [1.82, 2.24) is 0 Å². The van der Waals surface area contributed by atoms with E-state index in [1.807, 2.05) is 20.8 Å². The summed E-state index contributed by atoms with van der Waals surface area (Å²) in [4.78, 5) is 21.3. The minimum atomic E-state index is -0.981. The normalized spacial score (nSPS) is 13.4. The molecule has 0 saturated carbocycles. The van der Waals surface area contributed by atoms with Crippen LogP contribution in [0, 0.1) is 5.41 Å². The smallest absolute Gasteiger partial charge is 0.306 e.